The first-order chi connectivity index (χ1) is 14.6. The lowest BCUT2D eigenvalue weighted by Crippen LogP contribution is -2.45. The number of ether oxygens (including phenoxy) is 1. The van der Waals surface area contributed by atoms with E-state index in [-0.39, 0.29) is 24.0 Å². The van der Waals surface area contributed by atoms with Crippen LogP contribution in [0.1, 0.15) is 29.2 Å². The highest BCUT2D eigenvalue weighted by atomic mass is 127. The molecule has 0 radical (unpaired) electrons. The van der Waals surface area contributed by atoms with Gasteiger partial charge in [0.15, 0.2) is 5.96 Å². The Balaban J connectivity index is 0.00000341. The Labute approximate surface area is 203 Å². The summed E-state index contributed by atoms with van der Waals surface area (Å²) < 4.78 is 5.47. The normalized spacial score (nSPS) is 14.9. The van der Waals surface area contributed by atoms with Gasteiger partial charge in [-0.2, -0.15) is 0 Å². The summed E-state index contributed by atoms with van der Waals surface area (Å²) in [6.07, 6.45) is 0.576. The number of hydrogen-bond acceptors (Lipinski definition) is 4. The van der Waals surface area contributed by atoms with Crippen LogP contribution in [0.4, 0.5) is 0 Å². The Morgan fingerprint density at radius 2 is 1.97 bits per heavy atom. The molecule has 1 unspecified atom stereocenters. The van der Waals surface area contributed by atoms with Crippen LogP contribution in [0.15, 0.2) is 47.5 Å². The van der Waals surface area contributed by atoms with E-state index in [1.807, 2.05) is 26.0 Å². The average Bonchev–Trinajstić information content (AvgIpc) is 2.76. The lowest BCUT2D eigenvalue weighted by atomic mass is 10.00. The first-order valence-corrected chi connectivity index (χ1v) is 10.7. The van der Waals surface area contributed by atoms with Crippen LogP contribution in [-0.4, -0.2) is 55.4 Å². The zero-order chi connectivity index (χ0) is 21.3. The minimum absolute atomic E-state index is 0. The van der Waals surface area contributed by atoms with Gasteiger partial charge in [-0.3, -0.25) is 4.90 Å². The Hall–Kier alpha value is -1.84. The number of methoxy groups -OCH3 is 1. The van der Waals surface area contributed by atoms with Gasteiger partial charge in [-0.1, -0.05) is 36.4 Å². The molecule has 0 saturated heterocycles. The third kappa shape index (κ3) is 7.66. The number of fused-ring (bicyclic) bond motifs is 1. The van der Waals surface area contributed by atoms with Crippen LogP contribution in [0.3, 0.4) is 0 Å². The largest absolute Gasteiger partial charge is 0.496 e. The van der Waals surface area contributed by atoms with E-state index in [2.05, 4.69) is 50.9 Å². The summed E-state index contributed by atoms with van der Waals surface area (Å²) in [5, 5.41) is 17.1. The Kier molecular flexibility index (Phi) is 10.6. The molecular weight excluding hydrogens is 503 g/mol. The molecule has 1 heterocycles. The van der Waals surface area contributed by atoms with Gasteiger partial charge in [-0.15, -0.1) is 24.0 Å². The van der Waals surface area contributed by atoms with E-state index in [1.165, 1.54) is 11.1 Å². The highest BCUT2D eigenvalue weighted by Crippen LogP contribution is 2.21. The Morgan fingerprint density at radius 1 is 1.19 bits per heavy atom. The summed E-state index contributed by atoms with van der Waals surface area (Å²) in [5.74, 6) is 1.54. The smallest absolute Gasteiger partial charge is 0.191 e. The topological polar surface area (TPSA) is 69.1 Å². The fourth-order valence-corrected chi connectivity index (χ4v) is 3.78. The summed E-state index contributed by atoms with van der Waals surface area (Å²) in [6.45, 7) is 8.33. The van der Waals surface area contributed by atoms with Gasteiger partial charge in [-0.05, 0) is 43.0 Å². The standard InChI is InChI=1S/C24H34N4O2.HI/c1-4-25-24(26-14-20-10-9-18(2)13-23(20)30-3)27-15-22(29)17-28-12-11-19-7-5-6-8-21(19)16-28;/h5-10,13,22,29H,4,11-12,14-17H2,1-3H3,(H2,25,26,27);1H. The number of hydrogen-bond donors (Lipinski definition) is 3. The summed E-state index contributed by atoms with van der Waals surface area (Å²) in [7, 11) is 1.68. The van der Waals surface area contributed by atoms with E-state index in [0.717, 1.165) is 42.9 Å². The molecule has 3 N–H and O–H groups in total. The van der Waals surface area contributed by atoms with E-state index < -0.39 is 6.10 Å². The van der Waals surface area contributed by atoms with Crippen LogP contribution in [0.5, 0.6) is 5.75 Å². The first-order valence-electron chi connectivity index (χ1n) is 10.7. The van der Waals surface area contributed by atoms with Crippen LogP contribution < -0.4 is 15.4 Å². The van der Waals surface area contributed by atoms with Gasteiger partial charge >= 0.3 is 0 Å². The number of benzene rings is 2. The minimum atomic E-state index is -0.465. The van der Waals surface area contributed by atoms with Gasteiger partial charge in [0.25, 0.3) is 0 Å². The maximum Gasteiger partial charge on any atom is 0.191 e. The maximum absolute atomic E-state index is 10.6. The number of aliphatic hydroxyl groups excluding tert-OH is 1. The number of aryl methyl sites for hydroxylation is 1. The SMILES string of the molecule is CCNC(=NCc1ccc(C)cc1OC)NCC(O)CN1CCc2ccccc2C1.I. The molecule has 170 valence electrons. The van der Waals surface area contributed by atoms with Crippen molar-refractivity contribution in [3.63, 3.8) is 0 Å². The molecule has 6 nitrogen and oxygen atoms in total. The monoisotopic (exact) mass is 538 g/mol. The highest BCUT2D eigenvalue weighted by Gasteiger charge is 2.18. The van der Waals surface area contributed by atoms with Crippen LogP contribution in [0, 0.1) is 6.92 Å². The first kappa shape index (κ1) is 25.4. The van der Waals surface area contributed by atoms with Crippen LogP contribution >= 0.6 is 24.0 Å². The van der Waals surface area contributed by atoms with Crippen LogP contribution in [0.25, 0.3) is 0 Å². The second kappa shape index (κ2) is 12.9. The molecule has 0 saturated carbocycles. The highest BCUT2D eigenvalue weighted by molar-refractivity contribution is 14.0. The number of aliphatic imine (C=N–C) groups is 1. The van der Waals surface area contributed by atoms with E-state index in [9.17, 15) is 5.11 Å². The van der Waals surface area contributed by atoms with Gasteiger partial charge in [0.05, 0.1) is 19.8 Å². The lowest BCUT2D eigenvalue weighted by Gasteiger charge is -2.30. The van der Waals surface area contributed by atoms with Crippen LogP contribution in [0.2, 0.25) is 0 Å². The number of rotatable bonds is 8. The predicted molar refractivity (Wildman–Crippen MR) is 137 cm³/mol. The summed E-state index contributed by atoms with van der Waals surface area (Å²) >= 11 is 0. The van der Waals surface area contributed by atoms with Gasteiger partial charge in [0.2, 0.25) is 0 Å². The van der Waals surface area contributed by atoms with Crippen molar-refractivity contribution in [1.29, 1.82) is 0 Å². The van der Waals surface area contributed by atoms with E-state index in [0.29, 0.717) is 25.6 Å². The molecule has 2 aromatic rings. The van der Waals surface area contributed by atoms with Gasteiger partial charge in [0.1, 0.15) is 5.75 Å². The molecule has 31 heavy (non-hydrogen) atoms. The minimum Gasteiger partial charge on any atom is -0.496 e. The van der Waals surface area contributed by atoms with Crippen molar-refractivity contribution in [1.82, 2.24) is 15.5 Å². The number of guanidine groups is 1. The van der Waals surface area contributed by atoms with Gasteiger partial charge in [-0.25, -0.2) is 4.99 Å². The number of nitrogens with zero attached hydrogens (tertiary/aromatic N) is 2. The molecule has 0 amide bonds. The number of nitrogens with one attached hydrogen (secondary N) is 2. The summed E-state index contributed by atoms with van der Waals surface area (Å²) in [4.78, 5) is 6.98. The number of aliphatic hydroxyl groups is 1. The van der Waals surface area contributed by atoms with Gasteiger partial charge < -0.3 is 20.5 Å². The molecule has 7 heteroatoms. The van der Waals surface area contributed by atoms with Crippen LogP contribution in [-0.2, 0) is 19.5 Å². The van der Waals surface area contributed by atoms with E-state index in [4.69, 9.17) is 4.74 Å². The number of β-amino-alcohol motifs (C(OH)–C–C–N with tert-alkyl or cyclic N) is 1. The third-order valence-corrected chi connectivity index (χ3v) is 5.38. The molecule has 0 aliphatic carbocycles. The summed E-state index contributed by atoms with van der Waals surface area (Å²) in [6, 6.07) is 14.7. The zero-order valence-electron chi connectivity index (χ0n) is 18.7. The predicted octanol–water partition coefficient (Wildman–Crippen LogP) is 3.10. The molecule has 0 aromatic heterocycles. The second-order valence-corrected chi connectivity index (χ2v) is 7.80. The quantitative estimate of drug-likeness (QED) is 0.274. The van der Waals surface area contributed by atoms with Crippen molar-refractivity contribution >= 4 is 29.9 Å². The molecule has 1 atom stereocenters. The third-order valence-electron chi connectivity index (χ3n) is 5.38. The van der Waals surface area contributed by atoms with Crippen molar-refractivity contribution in [2.75, 3.05) is 33.3 Å². The van der Waals surface area contributed by atoms with Crippen molar-refractivity contribution in [3.8, 4) is 5.75 Å². The van der Waals surface area contributed by atoms with Crippen molar-refractivity contribution in [2.24, 2.45) is 4.99 Å². The second-order valence-electron chi connectivity index (χ2n) is 7.80. The van der Waals surface area contributed by atoms with E-state index in [1.54, 1.807) is 7.11 Å². The molecule has 1 aliphatic heterocycles. The molecular formula is C24H35IN4O2. The molecule has 0 fully saturated rings. The number of halogens is 1. The fraction of sp³-hybridized carbons (Fsp3) is 0.458. The Morgan fingerprint density at radius 3 is 2.71 bits per heavy atom. The molecule has 3 rings (SSSR count). The average molecular weight is 538 g/mol. The van der Waals surface area contributed by atoms with Gasteiger partial charge in [0, 0.05) is 38.3 Å². The summed E-state index contributed by atoms with van der Waals surface area (Å²) in [5.41, 5.74) is 4.99. The van der Waals surface area contributed by atoms with Crippen molar-refractivity contribution in [3.05, 3.63) is 64.7 Å². The molecule has 2 aromatic carbocycles. The molecule has 0 spiro atoms. The van der Waals surface area contributed by atoms with Crippen molar-refractivity contribution < 1.29 is 9.84 Å². The fourth-order valence-electron chi connectivity index (χ4n) is 3.78. The lowest BCUT2D eigenvalue weighted by molar-refractivity contribution is 0.108. The Bertz CT molecular complexity index is 859. The maximum atomic E-state index is 10.6. The molecule has 1 aliphatic rings. The molecule has 0 bridgehead atoms. The van der Waals surface area contributed by atoms with E-state index >= 15 is 0 Å². The van der Waals surface area contributed by atoms with Crippen molar-refractivity contribution in [2.45, 2.75) is 39.5 Å². The zero-order valence-corrected chi connectivity index (χ0v) is 21.1.